The van der Waals surface area contributed by atoms with Crippen molar-refractivity contribution in [2.24, 2.45) is 0 Å². The van der Waals surface area contributed by atoms with Crippen molar-refractivity contribution in [3.63, 3.8) is 0 Å². The van der Waals surface area contributed by atoms with Crippen LogP contribution in [-0.2, 0) is 4.79 Å². The molecule has 2 aliphatic rings. The number of hydrogen-bond donors (Lipinski definition) is 0. The first-order valence-electron chi connectivity index (χ1n) is 6.84. The predicted molar refractivity (Wildman–Crippen MR) is 80.4 cm³/mol. The van der Waals surface area contributed by atoms with Gasteiger partial charge in [-0.05, 0) is 24.3 Å². The molecule has 4 rings (SSSR count). The summed E-state index contributed by atoms with van der Waals surface area (Å²) in [6.07, 6.45) is -1.04. The van der Waals surface area contributed by atoms with E-state index in [-0.39, 0.29) is 5.91 Å². The summed E-state index contributed by atoms with van der Waals surface area (Å²) in [6, 6.07) is 13.8. The van der Waals surface area contributed by atoms with Crippen LogP contribution in [0.2, 0.25) is 0 Å². The third-order valence-electron chi connectivity index (χ3n) is 3.81. The van der Waals surface area contributed by atoms with Gasteiger partial charge in [0.05, 0.1) is 17.1 Å². The van der Waals surface area contributed by atoms with Crippen molar-refractivity contribution in [2.45, 2.75) is 6.23 Å². The van der Waals surface area contributed by atoms with E-state index in [1.807, 2.05) is 12.1 Å². The first-order chi connectivity index (χ1) is 10.7. The van der Waals surface area contributed by atoms with E-state index in [0.717, 1.165) is 0 Å². The van der Waals surface area contributed by atoms with Gasteiger partial charge >= 0.3 is 6.03 Å². The lowest BCUT2D eigenvalue weighted by Crippen LogP contribution is -2.55. The zero-order chi connectivity index (χ0) is 15.3. The van der Waals surface area contributed by atoms with Crippen molar-refractivity contribution >= 4 is 29.0 Å². The van der Waals surface area contributed by atoms with Crippen LogP contribution >= 0.6 is 0 Å². The third-order valence-corrected chi connectivity index (χ3v) is 3.81. The fourth-order valence-electron chi connectivity index (χ4n) is 2.70. The van der Waals surface area contributed by atoms with Gasteiger partial charge in [-0.1, -0.05) is 24.3 Å². The maximum atomic E-state index is 12.6. The molecule has 6 heteroatoms. The summed E-state index contributed by atoms with van der Waals surface area (Å²) in [7, 11) is 1.67. The SMILES string of the molecule is CN1C(=O)C(N2C(=O)[N]c3ccccc32)Oc2ccccc21. The van der Waals surface area contributed by atoms with Gasteiger partial charge in [0.15, 0.2) is 0 Å². The monoisotopic (exact) mass is 294 g/mol. The van der Waals surface area contributed by atoms with E-state index in [1.54, 1.807) is 43.4 Å². The van der Waals surface area contributed by atoms with Crippen LogP contribution in [-0.4, -0.2) is 25.2 Å². The molecule has 0 saturated heterocycles. The van der Waals surface area contributed by atoms with Crippen LogP contribution in [0.25, 0.3) is 0 Å². The van der Waals surface area contributed by atoms with Crippen molar-refractivity contribution in [2.75, 3.05) is 16.8 Å². The maximum Gasteiger partial charge on any atom is 0.352 e. The summed E-state index contributed by atoms with van der Waals surface area (Å²) in [5.41, 5.74) is 1.81. The van der Waals surface area contributed by atoms with Crippen molar-refractivity contribution in [3.05, 3.63) is 48.5 Å². The lowest BCUT2D eigenvalue weighted by Gasteiger charge is -2.35. The van der Waals surface area contributed by atoms with Gasteiger partial charge in [0.2, 0.25) is 0 Å². The van der Waals surface area contributed by atoms with Crippen LogP contribution in [0, 0.1) is 0 Å². The molecule has 6 nitrogen and oxygen atoms in total. The van der Waals surface area contributed by atoms with E-state index in [0.29, 0.717) is 22.8 Å². The van der Waals surface area contributed by atoms with Gasteiger partial charge in [-0.15, -0.1) is 0 Å². The molecule has 0 aromatic heterocycles. The minimum atomic E-state index is -1.04. The number of likely N-dealkylation sites (N-methyl/N-ethyl adjacent to an activating group) is 1. The molecule has 0 spiro atoms. The molecule has 0 N–H and O–H groups in total. The second kappa shape index (κ2) is 4.49. The summed E-state index contributed by atoms with van der Waals surface area (Å²) in [6.45, 7) is 0. The van der Waals surface area contributed by atoms with E-state index >= 15 is 0 Å². The van der Waals surface area contributed by atoms with Crippen molar-refractivity contribution in [1.29, 1.82) is 0 Å². The summed E-state index contributed by atoms with van der Waals surface area (Å²) in [4.78, 5) is 27.6. The molecule has 22 heavy (non-hydrogen) atoms. The zero-order valence-electron chi connectivity index (χ0n) is 11.8. The molecule has 2 aromatic rings. The van der Waals surface area contributed by atoms with Crippen LogP contribution in [0.4, 0.5) is 21.9 Å². The minimum Gasteiger partial charge on any atom is -0.458 e. The first kappa shape index (κ1) is 12.7. The molecule has 1 radical (unpaired) electrons. The number of amides is 3. The van der Waals surface area contributed by atoms with Gasteiger partial charge in [-0.2, -0.15) is 5.32 Å². The number of benzene rings is 2. The van der Waals surface area contributed by atoms with E-state index in [1.165, 1.54) is 9.80 Å². The smallest absolute Gasteiger partial charge is 0.352 e. The van der Waals surface area contributed by atoms with Gasteiger partial charge in [-0.25, -0.2) is 9.69 Å². The highest BCUT2D eigenvalue weighted by atomic mass is 16.5. The van der Waals surface area contributed by atoms with Crippen molar-refractivity contribution in [1.82, 2.24) is 5.32 Å². The topological polar surface area (TPSA) is 64.0 Å². The number of fused-ring (bicyclic) bond motifs is 2. The second-order valence-corrected chi connectivity index (χ2v) is 5.09. The number of nitrogens with zero attached hydrogens (tertiary/aromatic N) is 3. The lowest BCUT2D eigenvalue weighted by atomic mass is 10.2. The van der Waals surface area contributed by atoms with Crippen molar-refractivity contribution < 1.29 is 14.3 Å². The summed E-state index contributed by atoms with van der Waals surface area (Å²) in [5, 5.41) is 3.96. The Morgan fingerprint density at radius 1 is 1.00 bits per heavy atom. The highest BCUT2D eigenvalue weighted by Crippen LogP contribution is 2.39. The van der Waals surface area contributed by atoms with Gasteiger partial charge in [0.1, 0.15) is 5.75 Å². The summed E-state index contributed by atoms with van der Waals surface area (Å²) in [5.74, 6) is 0.255. The Labute approximate surface area is 126 Å². The van der Waals surface area contributed by atoms with Crippen molar-refractivity contribution in [3.8, 4) is 5.75 Å². The molecule has 2 heterocycles. The van der Waals surface area contributed by atoms with Gasteiger partial charge in [-0.3, -0.25) is 4.79 Å². The molecule has 2 aromatic carbocycles. The highest BCUT2D eigenvalue weighted by molar-refractivity contribution is 6.11. The molecule has 2 aliphatic heterocycles. The number of para-hydroxylation sites is 4. The molecule has 109 valence electrons. The molecule has 3 amide bonds. The second-order valence-electron chi connectivity index (χ2n) is 5.09. The van der Waals surface area contributed by atoms with Gasteiger partial charge in [0, 0.05) is 7.05 Å². The van der Waals surface area contributed by atoms with Crippen LogP contribution in [0.5, 0.6) is 5.75 Å². The quantitative estimate of drug-likeness (QED) is 0.810. The fraction of sp³-hybridized carbons (Fsp3) is 0.125. The Hall–Kier alpha value is -3.02. The highest BCUT2D eigenvalue weighted by Gasteiger charge is 2.43. The standard InChI is InChI=1S/C16H12N3O3/c1-18-12-8-4-5-9-13(12)22-15(14(18)20)19-11-7-3-2-6-10(11)17-16(19)21/h2-9,15H,1H3. The number of carbonyl (C=O) groups excluding carboxylic acids is 2. The Balaban J connectivity index is 1.78. The first-order valence-corrected chi connectivity index (χ1v) is 6.84. The number of carbonyl (C=O) groups is 2. The number of hydrogen-bond acceptors (Lipinski definition) is 3. The van der Waals surface area contributed by atoms with E-state index in [4.69, 9.17) is 4.74 Å². The lowest BCUT2D eigenvalue weighted by molar-refractivity contribution is -0.125. The largest absolute Gasteiger partial charge is 0.458 e. The average molecular weight is 294 g/mol. The predicted octanol–water partition coefficient (Wildman–Crippen LogP) is 2.24. The number of anilines is 2. The van der Waals surface area contributed by atoms with E-state index < -0.39 is 12.3 Å². The molecule has 0 aliphatic carbocycles. The summed E-state index contributed by atoms with van der Waals surface area (Å²) >= 11 is 0. The minimum absolute atomic E-state index is 0.307. The molecule has 0 bridgehead atoms. The number of urea groups is 1. The molecular weight excluding hydrogens is 282 g/mol. The molecule has 0 fully saturated rings. The molecule has 1 unspecified atom stereocenters. The van der Waals surface area contributed by atoms with Gasteiger partial charge in [0.25, 0.3) is 12.1 Å². The average Bonchev–Trinajstić information content (AvgIpc) is 2.87. The summed E-state index contributed by atoms with van der Waals surface area (Å²) < 4.78 is 5.78. The molecule has 1 atom stereocenters. The maximum absolute atomic E-state index is 12.6. The van der Waals surface area contributed by atoms with Crippen LogP contribution in [0.3, 0.4) is 0 Å². The Kier molecular flexibility index (Phi) is 2.59. The van der Waals surface area contributed by atoms with E-state index in [9.17, 15) is 9.59 Å². The van der Waals surface area contributed by atoms with Crippen LogP contribution in [0.1, 0.15) is 0 Å². The zero-order valence-corrected chi connectivity index (χ0v) is 11.8. The number of rotatable bonds is 1. The van der Waals surface area contributed by atoms with Gasteiger partial charge < -0.3 is 9.64 Å². The normalized spacial score (nSPS) is 19.4. The van der Waals surface area contributed by atoms with Crippen LogP contribution in [0.15, 0.2) is 48.5 Å². The molecule has 0 saturated carbocycles. The third kappa shape index (κ3) is 1.67. The fourth-order valence-corrected chi connectivity index (χ4v) is 2.70. The van der Waals surface area contributed by atoms with E-state index in [2.05, 4.69) is 5.32 Å². The Bertz CT molecular complexity index is 790. The number of ether oxygens (including phenoxy) is 1. The Morgan fingerprint density at radius 2 is 1.68 bits per heavy atom. The van der Waals surface area contributed by atoms with Crippen LogP contribution < -0.4 is 19.9 Å². The Morgan fingerprint density at radius 3 is 2.50 bits per heavy atom. The molecular formula is C16H12N3O3.